The first-order chi connectivity index (χ1) is 7.49. The van der Waals surface area contributed by atoms with Gasteiger partial charge in [0.25, 0.3) is 0 Å². The van der Waals surface area contributed by atoms with Crippen molar-refractivity contribution in [2.75, 3.05) is 7.11 Å². The summed E-state index contributed by atoms with van der Waals surface area (Å²) in [6, 6.07) is 4.18. The highest BCUT2D eigenvalue weighted by molar-refractivity contribution is 14.1. The van der Waals surface area contributed by atoms with Crippen LogP contribution in [0.5, 0.6) is 0 Å². The summed E-state index contributed by atoms with van der Waals surface area (Å²) in [5.41, 5.74) is -0.110. The molecule has 2 N–H and O–H groups in total. The predicted molar refractivity (Wildman–Crippen MR) is 62.1 cm³/mol. The molecule has 0 saturated heterocycles. The van der Waals surface area contributed by atoms with Gasteiger partial charge in [-0.2, -0.15) is 0 Å². The number of aliphatic hydroxyl groups is 2. The molecule has 1 aromatic carbocycles. The lowest BCUT2D eigenvalue weighted by Gasteiger charge is -2.17. The summed E-state index contributed by atoms with van der Waals surface area (Å²) in [5.74, 6) is -1.69. The Morgan fingerprint density at radius 1 is 1.50 bits per heavy atom. The Morgan fingerprint density at radius 2 is 2.12 bits per heavy atom. The molecule has 2 unspecified atom stereocenters. The Balaban J connectivity index is 3.04. The first-order valence-corrected chi connectivity index (χ1v) is 5.44. The largest absolute Gasteiger partial charge is 0.467 e. The fourth-order valence-corrected chi connectivity index (χ4v) is 1.99. The van der Waals surface area contributed by atoms with Gasteiger partial charge < -0.3 is 14.9 Å². The maximum absolute atomic E-state index is 13.4. The fourth-order valence-electron chi connectivity index (χ4n) is 1.20. The van der Waals surface area contributed by atoms with Crippen LogP contribution < -0.4 is 0 Å². The second-order valence-electron chi connectivity index (χ2n) is 3.05. The fraction of sp³-hybridized carbons (Fsp3) is 0.300. The predicted octanol–water partition coefficient (Wildman–Crippen LogP) is 0.998. The summed E-state index contributed by atoms with van der Waals surface area (Å²) < 4.78 is 18.1. The first-order valence-electron chi connectivity index (χ1n) is 4.37. The third-order valence-corrected chi connectivity index (χ3v) is 2.98. The van der Waals surface area contributed by atoms with Crippen LogP contribution in [0.15, 0.2) is 18.2 Å². The van der Waals surface area contributed by atoms with Gasteiger partial charge in [-0.3, -0.25) is 0 Å². The molecular weight excluding hydrogens is 330 g/mol. The average molecular weight is 340 g/mol. The molecule has 1 rings (SSSR count). The topological polar surface area (TPSA) is 66.8 Å². The van der Waals surface area contributed by atoms with E-state index >= 15 is 0 Å². The summed E-state index contributed by atoms with van der Waals surface area (Å²) in [6.07, 6.45) is -3.43. The van der Waals surface area contributed by atoms with Crippen molar-refractivity contribution >= 4 is 28.6 Å². The van der Waals surface area contributed by atoms with Crippen molar-refractivity contribution in [3.8, 4) is 0 Å². The van der Waals surface area contributed by atoms with Crippen LogP contribution in [-0.4, -0.2) is 29.4 Å². The monoisotopic (exact) mass is 340 g/mol. The molecule has 0 fully saturated rings. The minimum absolute atomic E-state index is 0.110. The number of hydrogen-bond donors (Lipinski definition) is 2. The highest BCUT2D eigenvalue weighted by Gasteiger charge is 2.29. The Bertz CT molecular complexity index is 376. The van der Waals surface area contributed by atoms with Gasteiger partial charge in [-0.15, -0.1) is 0 Å². The van der Waals surface area contributed by atoms with Crippen molar-refractivity contribution in [1.29, 1.82) is 0 Å². The van der Waals surface area contributed by atoms with E-state index in [0.717, 1.165) is 13.2 Å². The Morgan fingerprint density at radius 3 is 2.62 bits per heavy atom. The summed E-state index contributed by atoms with van der Waals surface area (Å²) in [6.45, 7) is 0. The van der Waals surface area contributed by atoms with Crippen LogP contribution in [-0.2, 0) is 9.53 Å². The second kappa shape index (κ2) is 5.55. The van der Waals surface area contributed by atoms with E-state index in [0.29, 0.717) is 3.57 Å². The molecule has 6 heteroatoms. The van der Waals surface area contributed by atoms with Crippen molar-refractivity contribution in [2.45, 2.75) is 12.2 Å². The molecule has 0 bridgehead atoms. The lowest BCUT2D eigenvalue weighted by Crippen LogP contribution is -2.30. The molecule has 0 spiro atoms. The van der Waals surface area contributed by atoms with E-state index in [-0.39, 0.29) is 5.56 Å². The lowest BCUT2D eigenvalue weighted by molar-refractivity contribution is -0.156. The highest BCUT2D eigenvalue weighted by atomic mass is 127. The molecular formula is C10H10FIO4. The molecule has 0 aliphatic carbocycles. The molecule has 4 nitrogen and oxygen atoms in total. The Labute approximate surface area is 105 Å². The molecule has 0 saturated carbocycles. The van der Waals surface area contributed by atoms with Gasteiger partial charge in [-0.1, -0.05) is 6.07 Å². The van der Waals surface area contributed by atoms with Gasteiger partial charge in [0.1, 0.15) is 11.9 Å². The van der Waals surface area contributed by atoms with Crippen LogP contribution in [0.3, 0.4) is 0 Å². The Kier molecular flexibility index (Phi) is 4.63. The molecule has 0 aliphatic rings. The van der Waals surface area contributed by atoms with Gasteiger partial charge in [0.2, 0.25) is 0 Å². The van der Waals surface area contributed by atoms with Crippen molar-refractivity contribution < 1.29 is 24.1 Å². The normalized spacial score (nSPS) is 14.3. The van der Waals surface area contributed by atoms with Crippen LogP contribution in [0.4, 0.5) is 4.39 Å². The van der Waals surface area contributed by atoms with Gasteiger partial charge in [-0.25, -0.2) is 9.18 Å². The number of ether oxygens (including phenoxy) is 1. The molecule has 0 aromatic heterocycles. The summed E-state index contributed by atoms with van der Waals surface area (Å²) in [4.78, 5) is 11.0. The van der Waals surface area contributed by atoms with Gasteiger partial charge in [-0.05, 0) is 34.7 Å². The third kappa shape index (κ3) is 2.69. The number of esters is 1. The highest BCUT2D eigenvalue weighted by Crippen LogP contribution is 2.25. The number of rotatable bonds is 3. The van der Waals surface area contributed by atoms with E-state index in [1.165, 1.54) is 6.07 Å². The first kappa shape index (κ1) is 13.3. The minimum atomic E-state index is -1.80. The van der Waals surface area contributed by atoms with E-state index in [1.54, 1.807) is 28.7 Å². The van der Waals surface area contributed by atoms with E-state index in [4.69, 9.17) is 0 Å². The van der Waals surface area contributed by atoms with Crippen LogP contribution >= 0.6 is 22.6 Å². The molecule has 0 aliphatic heterocycles. The number of benzene rings is 1. The van der Waals surface area contributed by atoms with Gasteiger partial charge >= 0.3 is 5.97 Å². The number of carbonyl (C=O) groups excluding carboxylic acids is 1. The second-order valence-corrected chi connectivity index (χ2v) is 4.21. The molecule has 88 valence electrons. The number of methoxy groups -OCH3 is 1. The van der Waals surface area contributed by atoms with Gasteiger partial charge in [0.05, 0.1) is 7.11 Å². The number of carbonyl (C=O) groups is 1. The van der Waals surface area contributed by atoms with Crippen molar-refractivity contribution in [3.63, 3.8) is 0 Å². The smallest absolute Gasteiger partial charge is 0.337 e. The summed E-state index contributed by atoms with van der Waals surface area (Å²) >= 11 is 1.81. The average Bonchev–Trinajstić information content (AvgIpc) is 2.26. The zero-order chi connectivity index (χ0) is 12.3. The molecule has 0 heterocycles. The summed E-state index contributed by atoms with van der Waals surface area (Å²) in [7, 11) is 1.07. The molecule has 0 radical (unpaired) electrons. The van der Waals surface area contributed by atoms with E-state index < -0.39 is 24.0 Å². The standard InChI is InChI=1S/C10H10FIO4/c1-16-10(15)9(14)8(13)7-5(11)3-2-4-6(7)12/h2-4,8-9,13-14H,1H3. The maximum Gasteiger partial charge on any atom is 0.337 e. The lowest BCUT2D eigenvalue weighted by atomic mass is 10.0. The van der Waals surface area contributed by atoms with Crippen LogP contribution in [0, 0.1) is 9.39 Å². The van der Waals surface area contributed by atoms with Gasteiger partial charge in [0, 0.05) is 9.13 Å². The molecule has 0 amide bonds. The molecule has 1 aromatic rings. The molecule has 2 atom stereocenters. The number of halogens is 2. The van der Waals surface area contributed by atoms with Crippen molar-refractivity contribution in [1.82, 2.24) is 0 Å². The third-order valence-electron chi connectivity index (χ3n) is 2.04. The number of aliphatic hydroxyl groups excluding tert-OH is 2. The Hall–Kier alpha value is -0.730. The zero-order valence-corrected chi connectivity index (χ0v) is 10.5. The van der Waals surface area contributed by atoms with Crippen molar-refractivity contribution in [3.05, 3.63) is 33.1 Å². The summed E-state index contributed by atoms with van der Waals surface area (Å²) in [5, 5.41) is 19.1. The van der Waals surface area contributed by atoms with Crippen LogP contribution in [0.25, 0.3) is 0 Å². The van der Waals surface area contributed by atoms with E-state index in [9.17, 15) is 19.4 Å². The van der Waals surface area contributed by atoms with Gasteiger partial charge in [0.15, 0.2) is 6.10 Å². The van der Waals surface area contributed by atoms with E-state index in [1.807, 2.05) is 0 Å². The van der Waals surface area contributed by atoms with Crippen LogP contribution in [0.2, 0.25) is 0 Å². The minimum Gasteiger partial charge on any atom is -0.467 e. The molecule has 16 heavy (non-hydrogen) atoms. The quantitative estimate of drug-likeness (QED) is 0.636. The van der Waals surface area contributed by atoms with Crippen molar-refractivity contribution in [2.24, 2.45) is 0 Å². The van der Waals surface area contributed by atoms with E-state index in [2.05, 4.69) is 4.74 Å². The van der Waals surface area contributed by atoms with Crippen LogP contribution in [0.1, 0.15) is 11.7 Å². The zero-order valence-electron chi connectivity index (χ0n) is 8.35. The SMILES string of the molecule is COC(=O)C(O)C(O)c1c(F)cccc1I. The number of hydrogen-bond acceptors (Lipinski definition) is 4. The maximum atomic E-state index is 13.4.